The molecule has 1 rings (SSSR count). The molecule has 0 heterocycles. The Bertz CT molecular complexity index is 263. The van der Waals surface area contributed by atoms with Gasteiger partial charge in [-0.3, -0.25) is 0 Å². The van der Waals surface area contributed by atoms with Gasteiger partial charge in [-0.25, -0.2) is 4.39 Å². The second kappa shape index (κ2) is 5.65. The maximum atomic E-state index is 11.7. The Balaban J connectivity index is 0.000000385. The van der Waals surface area contributed by atoms with Gasteiger partial charge in [-0.05, 0) is 51.5 Å². The summed E-state index contributed by atoms with van der Waals surface area (Å²) in [5.41, 5.74) is 2.44. The highest BCUT2D eigenvalue weighted by molar-refractivity contribution is 5.32. The molecule has 0 radical (unpaired) electrons. The molecular formula is C15H27F. The van der Waals surface area contributed by atoms with E-state index in [0.717, 1.165) is 0 Å². The standard InChI is InChI=1S/C11H18.C4H9F/c1-9-7-5-6-8-10(9)11(2,3)4;1-4(2,3)5/h6,8H,5,7H2,1-4H3;1-3H3. The van der Waals surface area contributed by atoms with Gasteiger partial charge in [0.1, 0.15) is 5.67 Å². The first-order valence-electron chi connectivity index (χ1n) is 6.07. The van der Waals surface area contributed by atoms with Gasteiger partial charge in [0.2, 0.25) is 0 Å². The highest BCUT2D eigenvalue weighted by Gasteiger charge is 2.18. The van der Waals surface area contributed by atoms with E-state index in [4.69, 9.17) is 0 Å². The van der Waals surface area contributed by atoms with Crippen LogP contribution in [-0.2, 0) is 0 Å². The second-order valence-electron chi connectivity index (χ2n) is 6.45. The summed E-state index contributed by atoms with van der Waals surface area (Å²) in [5.74, 6) is 0. The average molecular weight is 226 g/mol. The van der Waals surface area contributed by atoms with Crippen molar-refractivity contribution >= 4 is 0 Å². The molecule has 0 unspecified atom stereocenters. The van der Waals surface area contributed by atoms with Crippen molar-refractivity contribution in [3.05, 3.63) is 23.3 Å². The third-order valence-electron chi connectivity index (χ3n) is 2.24. The fourth-order valence-electron chi connectivity index (χ4n) is 1.67. The molecule has 16 heavy (non-hydrogen) atoms. The Kier molecular flexibility index (Phi) is 5.44. The predicted molar refractivity (Wildman–Crippen MR) is 71.4 cm³/mol. The van der Waals surface area contributed by atoms with Crippen LogP contribution in [0.1, 0.15) is 61.3 Å². The summed E-state index contributed by atoms with van der Waals surface area (Å²) in [6.45, 7) is 13.7. The molecule has 0 aromatic carbocycles. The van der Waals surface area contributed by atoms with Gasteiger partial charge >= 0.3 is 0 Å². The van der Waals surface area contributed by atoms with E-state index >= 15 is 0 Å². The molecule has 0 fully saturated rings. The molecule has 0 aliphatic heterocycles. The topological polar surface area (TPSA) is 0 Å². The summed E-state index contributed by atoms with van der Waals surface area (Å²) in [4.78, 5) is 0. The van der Waals surface area contributed by atoms with E-state index in [1.54, 1.807) is 5.57 Å². The zero-order valence-corrected chi connectivity index (χ0v) is 11.9. The first-order valence-corrected chi connectivity index (χ1v) is 6.07. The van der Waals surface area contributed by atoms with Gasteiger partial charge in [-0.15, -0.1) is 0 Å². The van der Waals surface area contributed by atoms with E-state index in [2.05, 4.69) is 39.8 Å². The highest BCUT2D eigenvalue weighted by atomic mass is 19.1. The lowest BCUT2D eigenvalue weighted by molar-refractivity contribution is 0.246. The second-order valence-corrected chi connectivity index (χ2v) is 6.45. The minimum absolute atomic E-state index is 0.334. The van der Waals surface area contributed by atoms with Crippen LogP contribution in [0.25, 0.3) is 0 Å². The van der Waals surface area contributed by atoms with Crippen LogP contribution in [-0.4, -0.2) is 5.67 Å². The van der Waals surface area contributed by atoms with Crippen LogP contribution in [0.5, 0.6) is 0 Å². The normalized spacial score (nSPS) is 17.0. The number of alkyl halides is 1. The number of rotatable bonds is 0. The van der Waals surface area contributed by atoms with Crippen molar-refractivity contribution in [1.29, 1.82) is 0 Å². The van der Waals surface area contributed by atoms with Gasteiger partial charge in [-0.1, -0.05) is 38.5 Å². The van der Waals surface area contributed by atoms with Gasteiger partial charge < -0.3 is 0 Å². The minimum Gasteiger partial charge on any atom is -0.245 e. The number of hydrogen-bond donors (Lipinski definition) is 0. The summed E-state index contributed by atoms with van der Waals surface area (Å²) in [6.07, 6.45) is 7.06. The van der Waals surface area contributed by atoms with E-state index in [1.807, 2.05) is 0 Å². The van der Waals surface area contributed by atoms with Crippen LogP contribution in [0.2, 0.25) is 0 Å². The molecule has 0 bridgehead atoms. The van der Waals surface area contributed by atoms with E-state index < -0.39 is 5.67 Å². The first-order chi connectivity index (χ1) is 7.02. The largest absolute Gasteiger partial charge is 0.245 e. The summed E-state index contributed by atoms with van der Waals surface area (Å²) in [5, 5.41) is 0. The Morgan fingerprint density at radius 1 is 1.06 bits per heavy atom. The van der Waals surface area contributed by atoms with Crippen molar-refractivity contribution in [3.63, 3.8) is 0 Å². The molecule has 0 N–H and O–H groups in total. The summed E-state index contributed by atoms with van der Waals surface area (Å²) in [7, 11) is 0. The lowest BCUT2D eigenvalue weighted by atomic mass is 9.80. The lowest BCUT2D eigenvalue weighted by Gasteiger charge is -2.25. The molecule has 94 valence electrons. The third-order valence-corrected chi connectivity index (χ3v) is 2.24. The molecule has 1 aliphatic rings. The molecule has 0 atom stereocenters. The van der Waals surface area contributed by atoms with Crippen molar-refractivity contribution in [3.8, 4) is 0 Å². The van der Waals surface area contributed by atoms with Gasteiger partial charge in [0.15, 0.2) is 0 Å². The molecule has 0 nitrogen and oxygen atoms in total. The Hall–Kier alpha value is -0.590. The Labute approximate surface area is 101 Å². The zero-order valence-electron chi connectivity index (χ0n) is 11.9. The minimum atomic E-state index is -1.00. The Morgan fingerprint density at radius 2 is 1.50 bits per heavy atom. The van der Waals surface area contributed by atoms with Crippen LogP contribution in [0.3, 0.4) is 0 Å². The van der Waals surface area contributed by atoms with Crippen LogP contribution in [0, 0.1) is 5.41 Å². The van der Waals surface area contributed by atoms with E-state index in [-0.39, 0.29) is 0 Å². The monoisotopic (exact) mass is 226 g/mol. The summed E-state index contributed by atoms with van der Waals surface area (Å²) >= 11 is 0. The summed E-state index contributed by atoms with van der Waals surface area (Å²) in [6, 6.07) is 0. The third kappa shape index (κ3) is 7.67. The molecule has 0 amide bonds. The summed E-state index contributed by atoms with van der Waals surface area (Å²) < 4.78 is 11.7. The SMILES string of the molecule is CC(C)(C)F.CC1=C(C(C)(C)C)C=CCC1. The van der Waals surface area contributed by atoms with Crippen molar-refractivity contribution in [2.45, 2.75) is 67.0 Å². The van der Waals surface area contributed by atoms with Crippen molar-refractivity contribution in [1.82, 2.24) is 0 Å². The van der Waals surface area contributed by atoms with Crippen molar-refractivity contribution in [2.24, 2.45) is 5.41 Å². The van der Waals surface area contributed by atoms with Crippen LogP contribution in [0.4, 0.5) is 4.39 Å². The number of hydrogen-bond acceptors (Lipinski definition) is 0. The highest BCUT2D eigenvalue weighted by Crippen LogP contribution is 2.33. The number of allylic oxidation sites excluding steroid dienone is 4. The van der Waals surface area contributed by atoms with Gasteiger partial charge in [0.25, 0.3) is 0 Å². The van der Waals surface area contributed by atoms with Crippen molar-refractivity contribution < 1.29 is 4.39 Å². The molecule has 0 aromatic rings. The van der Waals surface area contributed by atoms with Crippen LogP contribution < -0.4 is 0 Å². The molecule has 0 saturated carbocycles. The smallest absolute Gasteiger partial charge is 0.102 e. The fourth-order valence-corrected chi connectivity index (χ4v) is 1.67. The lowest BCUT2D eigenvalue weighted by Crippen LogP contribution is -2.11. The van der Waals surface area contributed by atoms with E-state index in [9.17, 15) is 4.39 Å². The molecule has 0 aromatic heterocycles. The maximum Gasteiger partial charge on any atom is 0.102 e. The predicted octanol–water partition coefficient (Wildman–Crippen LogP) is 5.45. The van der Waals surface area contributed by atoms with E-state index in [1.165, 1.54) is 39.2 Å². The molecular weight excluding hydrogens is 199 g/mol. The van der Waals surface area contributed by atoms with Crippen LogP contribution in [0.15, 0.2) is 23.3 Å². The number of halogens is 1. The Morgan fingerprint density at radius 3 is 1.75 bits per heavy atom. The zero-order chi connectivity index (χ0) is 13.0. The molecule has 0 saturated heterocycles. The fraction of sp³-hybridized carbons (Fsp3) is 0.733. The van der Waals surface area contributed by atoms with Crippen molar-refractivity contribution in [2.75, 3.05) is 0 Å². The average Bonchev–Trinajstić information content (AvgIpc) is 1.99. The molecule has 1 heteroatoms. The molecule has 1 aliphatic carbocycles. The molecule has 0 spiro atoms. The van der Waals surface area contributed by atoms with Gasteiger partial charge in [0, 0.05) is 0 Å². The first kappa shape index (κ1) is 15.4. The quantitative estimate of drug-likeness (QED) is 0.515. The van der Waals surface area contributed by atoms with Gasteiger partial charge in [0.05, 0.1) is 0 Å². The van der Waals surface area contributed by atoms with Gasteiger partial charge in [-0.2, -0.15) is 0 Å². The van der Waals surface area contributed by atoms with E-state index in [0.29, 0.717) is 5.41 Å². The maximum absolute atomic E-state index is 11.7. The van der Waals surface area contributed by atoms with Crippen LogP contribution >= 0.6 is 0 Å².